The fraction of sp³-hybridized carbons (Fsp3) is 0.500. The summed E-state index contributed by atoms with van der Waals surface area (Å²) in [4.78, 5) is 35.6. The van der Waals surface area contributed by atoms with E-state index in [0.29, 0.717) is 32.1 Å². The van der Waals surface area contributed by atoms with E-state index in [9.17, 15) is 9.59 Å². The lowest BCUT2D eigenvalue weighted by Crippen LogP contribution is -2.54. The van der Waals surface area contributed by atoms with E-state index in [4.69, 9.17) is 0 Å². The molecule has 2 fully saturated rings. The number of amides is 2. The van der Waals surface area contributed by atoms with Crippen LogP contribution in [0.5, 0.6) is 0 Å². The van der Waals surface area contributed by atoms with Crippen LogP contribution in [0.15, 0.2) is 18.5 Å². The molecule has 1 aromatic heterocycles. The summed E-state index contributed by atoms with van der Waals surface area (Å²) >= 11 is 0. The Hall–Kier alpha value is -2.22. The lowest BCUT2D eigenvalue weighted by atomic mass is 10.2. The summed E-state index contributed by atoms with van der Waals surface area (Å²) in [6, 6.07) is 1.33. The molecule has 1 atom stereocenters. The molecule has 20 heavy (non-hydrogen) atoms. The van der Waals surface area contributed by atoms with Crippen molar-refractivity contribution in [2.45, 2.75) is 12.5 Å². The first-order valence-electron chi connectivity index (χ1n) is 6.59. The summed E-state index contributed by atoms with van der Waals surface area (Å²) < 4.78 is 0. The van der Waals surface area contributed by atoms with Gasteiger partial charge in [0.05, 0.1) is 6.42 Å². The Morgan fingerprint density at radius 3 is 2.50 bits per heavy atom. The second kappa shape index (κ2) is 5.41. The van der Waals surface area contributed by atoms with Gasteiger partial charge in [0, 0.05) is 38.6 Å². The van der Waals surface area contributed by atoms with Crippen molar-refractivity contribution < 1.29 is 9.59 Å². The van der Waals surface area contributed by atoms with Crippen molar-refractivity contribution in [3.63, 3.8) is 0 Å². The average Bonchev–Trinajstić information content (AvgIpc) is 2.94. The van der Waals surface area contributed by atoms with Gasteiger partial charge in [0.15, 0.2) is 0 Å². The second-order valence-corrected chi connectivity index (χ2v) is 4.81. The van der Waals surface area contributed by atoms with Crippen molar-refractivity contribution in [1.29, 1.82) is 0 Å². The van der Waals surface area contributed by atoms with Gasteiger partial charge in [-0.3, -0.25) is 15.0 Å². The van der Waals surface area contributed by atoms with Gasteiger partial charge in [-0.2, -0.15) is 0 Å². The highest BCUT2D eigenvalue weighted by Crippen LogP contribution is 2.12. The molecule has 3 heterocycles. The minimum Gasteiger partial charge on any atom is -0.338 e. The zero-order valence-electron chi connectivity index (χ0n) is 11.0. The van der Waals surface area contributed by atoms with Crippen LogP contribution in [0.2, 0.25) is 0 Å². The van der Waals surface area contributed by atoms with Crippen molar-refractivity contribution in [1.82, 2.24) is 25.7 Å². The Labute approximate surface area is 116 Å². The van der Waals surface area contributed by atoms with Gasteiger partial charge in [-0.15, -0.1) is 0 Å². The van der Waals surface area contributed by atoms with Crippen molar-refractivity contribution >= 4 is 17.8 Å². The fourth-order valence-electron chi connectivity index (χ4n) is 2.41. The Bertz CT molecular complexity index is 500. The summed E-state index contributed by atoms with van der Waals surface area (Å²) in [5.74, 6) is 0.520. The van der Waals surface area contributed by atoms with Gasteiger partial charge in [0.2, 0.25) is 17.8 Å². The minimum atomic E-state index is -0.443. The number of piperazine rings is 1. The van der Waals surface area contributed by atoms with Gasteiger partial charge in [0.25, 0.3) is 0 Å². The van der Waals surface area contributed by atoms with E-state index in [2.05, 4.69) is 25.7 Å². The molecule has 1 unspecified atom stereocenters. The monoisotopic (exact) mass is 276 g/mol. The smallest absolute Gasteiger partial charge is 0.242 e. The lowest BCUT2D eigenvalue weighted by Gasteiger charge is -2.35. The Morgan fingerprint density at radius 2 is 1.90 bits per heavy atom. The normalized spacial score (nSPS) is 22.8. The van der Waals surface area contributed by atoms with Crippen LogP contribution in [-0.2, 0) is 9.59 Å². The van der Waals surface area contributed by atoms with E-state index in [1.807, 2.05) is 0 Å². The maximum atomic E-state index is 12.2. The highest BCUT2D eigenvalue weighted by Gasteiger charge is 2.32. The number of rotatable bonds is 2. The molecular weight excluding hydrogens is 260 g/mol. The number of nitrogens with zero attached hydrogens (tertiary/aromatic N) is 4. The summed E-state index contributed by atoms with van der Waals surface area (Å²) in [5, 5.41) is 0. The van der Waals surface area contributed by atoms with Crippen LogP contribution >= 0.6 is 0 Å². The highest BCUT2D eigenvalue weighted by molar-refractivity contribution is 5.90. The number of nitrogens with one attached hydrogen (secondary N) is 2. The molecule has 0 bridgehead atoms. The first kappa shape index (κ1) is 12.8. The van der Waals surface area contributed by atoms with Crippen LogP contribution < -0.4 is 15.8 Å². The Morgan fingerprint density at radius 1 is 1.20 bits per heavy atom. The van der Waals surface area contributed by atoms with Gasteiger partial charge in [-0.1, -0.05) is 0 Å². The molecule has 2 aliphatic rings. The number of hydrogen-bond donors (Lipinski definition) is 2. The highest BCUT2D eigenvalue weighted by atomic mass is 16.2. The lowest BCUT2D eigenvalue weighted by molar-refractivity contribution is -0.134. The van der Waals surface area contributed by atoms with Gasteiger partial charge >= 0.3 is 0 Å². The van der Waals surface area contributed by atoms with Crippen LogP contribution in [0, 0.1) is 0 Å². The van der Waals surface area contributed by atoms with Gasteiger partial charge in [-0.05, 0) is 6.07 Å². The minimum absolute atomic E-state index is 0.0306. The topological polar surface area (TPSA) is 90.5 Å². The molecule has 2 aliphatic heterocycles. The molecule has 8 nitrogen and oxygen atoms in total. The van der Waals surface area contributed by atoms with Crippen LogP contribution in [0.4, 0.5) is 5.95 Å². The summed E-state index contributed by atoms with van der Waals surface area (Å²) in [7, 11) is 0. The van der Waals surface area contributed by atoms with Crippen LogP contribution in [0.25, 0.3) is 0 Å². The number of hydrogen-bond acceptors (Lipinski definition) is 6. The zero-order chi connectivity index (χ0) is 13.9. The van der Waals surface area contributed by atoms with E-state index >= 15 is 0 Å². The number of carbonyl (C=O) groups excluding carboxylic acids is 2. The summed E-state index contributed by atoms with van der Waals surface area (Å²) in [6.45, 7) is 2.63. The van der Waals surface area contributed by atoms with Crippen LogP contribution in [0.3, 0.4) is 0 Å². The molecule has 2 N–H and O–H groups in total. The van der Waals surface area contributed by atoms with Crippen molar-refractivity contribution in [2.24, 2.45) is 0 Å². The number of hydrazine groups is 1. The van der Waals surface area contributed by atoms with Crippen LogP contribution in [-0.4, -0.2) is 58.9 Å². The van der Waals surface area contributed by atoms with Gasteiger partial charge < -0.3 is 9.80 Å². The maximum absolute atomic E-state index is 12.2. The molecule has 1 aromatic rings. The Kier molecular flexibility index (Phi) is 3.46. The summed E-state index contributed by atoms with van der Waals surface area (Å²) in [5.41, 5.74) is 5.17. The average molecular weight is 276 g/mol. The number of carbonyl (C=O) groups is 2. The molecule has 8 heteroatoms. The standard InChI is InChI=1S/C12H16N6O2/c19-10-8-9(15-16-10)11(20)17-4-6-18(7-5-17)12-13-2-1-3-14-12/h1-3,9,15H,4-8H2,(H,16,19). The van der Waals surface area contributed by atoms with E-state index < -0.39 is 6.04 Å². The predicted molar refractivity (Wildman–Crippen MR) is 70.5 cm³/mol. The fourth-order valence-corrected chi connectivity index (χ4v) is 2.41. The largest absolute Gasteiger partial charge is 0.338 e. The van der Waals surface area contributed by atoms with Crippen molar-refractivity contribution in [2.75, 3.05) is 31.1 Å². The molecule has 0 aromatic carbocycles. The SMILES string of the molecule is O=C1CC(C(=O)N2CCN(c3ncccn3)CC2)NN1. The van der Waals surface area contributed by atoms with Crippen LogP contribution in [0.1, 0.15) is 6.42 Å². The predicted octanol–water partition coefficient (Wildman–Crippen LogP) is -1.48. The van der Waals surface area contributed by atoms with Crippen molar-refractivity contribution in [3.8, 4) is 0 Å². The number of anilines is 1. The van der Waals surface area contributed by atoms with Crippen molar-refractivity contribution in [3.05, 3.63) is 18.5 Å². The molecule has 0 saturated carbocycles. The molecule has 2 amide bonds. The quantitative estimate of drug-likeness (QED) is 0.684. The number of aromatic nitrogens is 2. The molecule has 0 spiro atoms. The molecule has 0 aliphatic carbocycles. The molecule has 2 saturated heterocycles. The third kappa shape index (κ3) is 2.55. The van der Waals surface area contributed by atoms with E-state index in [0.717, 1.165) is 0 Å². The third-order valence-corrected chi connectivity index (χ3v) is 3.50. The van der Waals surface area contributed by atoms with E-state index in [1.165, 1.54) is 0 Å². The first-order valence-corrected chi connectivity index (χ1v) is 6.59. The van der Waals surface area contributed by atoms with E-state index in [1.54, 1.807) is 23.4 Å². The molecular formula is C12H16N6O2. The molecule has 3 rings (SSSR count). The third-order valence-electron chi connectivity index (χ3n) is 3.50. The molecule has 106 valence electrons. The second-order valence-electron chi connectivity index (χ2n) is 4.81. The maximum Gasteiger partial charge on any atom is 0.242 e. The Balaban J connectivity index is 1.56. The van der Waals surface area contributed by atoms with Gasteiger partial charge in [0.1, 0.15) is 6.04 Å². The van der Waals surface area contributed by atoms with E-state index in [-0.39, 0.29) is 18.2 Å². The molecule has 0 radical (unpaired) electrons. The summed E-state index contributed by atoms with van der Waals surface area (Å²) in [6.07, 6.45) is 3.63. The van der Waals surface area contributed by atoms with Gasteiger partial charge in [-0.25, -0.2) is 15.4 Å². The zero-order valence-corrected chi connectivity index (χ0v) is 11.0. The first-order chi connectivity index (χ1) is 9.74.